The second-order valence-electron chi connectivity index (χ2n) is 5.94. The van der Waals surface area contributed by atoms with E-state index < -0.39 is 0 Å². The molecule has 0 radical (unpaired) electrons. The fourth-order valence-corrected chi connectivity index (χ4v) is 3.14. The second kappa shape index (κ2) is 6.75. The monoisotopic (exact) mass is 294 g/mol. The van der Waals surface area contributed by atoms with E-state index in [1.165, 1.54) is 36.0 Å². The van der Waals surface area contributed by atoms with Crippen LogP contribution in [0.4, 0.5) is 0 Å². The van der Waals surface area contributed by atoms with Gasteiger partial charge in [-0.15, -0.1) is 0 Å². The van der Waals surface area contributed by atoms with Gasteiger partial charge in [-0.2, -0.15) is 0 Å². The van der Waals surface area contributed by atoms with Gasteiger partial charge in [0.2, 0.25) is 5.91 Å². The van der Waals surface area contributed by atoms with E-state index in [1.54, 1.807) is 0 Å². The molecule has 2 N–H and O–H groups in total. The van der Waals surface area contributed by atoms with Crippen LogP contribution in [0.2, 0.25) is 0 Å². The van der Waals surface area contributed by atoms with Crippen molar-refractivity contribution in [3.05, 3.63) is 59.7 Å². The average molecular weight is 294 g/mol. The fraction of sp³-hybridized carbons (Fsp3) is 0.316. The molecule has 114 valence electrons. The van der Waals surface area contributed by atoms with Gasteiger partial charge in [0.1, 0.15) is 0 Å². The molecule has 3 heteroatoms. The molecule has 0 spiro atoms. The highest BCUT2D eigenvalue weighted by atomic mass is 16.1. The van der Waals surface area contributed by atoms with Crippen molar-refractivity contribution in [3.8, 4) is 11.1 Å². The van der Waals surface area contributed by atoms with Crippen molar-refractivity contribution in [3.63, 3.8) is 0 Å². The Morgan fingerprint density at radius 2 is 1.73 bits per heavy atom. The van der Waals surface area contributed by atoms with Crippen LogP contribution in [0, 0.1) is 0 Å². The number of nitrogens with zero attached hydrogens (tertiary/aromatic N) is 1. The number of nitrogens with two attached hydrogens (primary N) is 1. The average Bonchev–Trinajstić information content (AvgIpc) is 2.56. The van der Waals surface area contributed by atoms with E-state index in [0.29, 0.717) is 5.56 Å². The van der Waals surface area contributed by atoms with Gasteiger partial charge < -0.3 is 5.73 Å². The van der Waals surface area contributed by atoms with Crippen LogP contribution in [0.3, 0.4) is 0 Å². The zero-order chi connectivity index (χ0) is 15.4. The minimum Gasteiger partial charge on any atom is -0.366 e. The summed E-state index contributed by atoms with van der Waals surface area (Å²) in [5.74, 6) is -0.362. The van der Waals surface area contributed by atoms with E-state index >= 15 is 0 Å². The summed E-state index contributed by atoms with van der Waals surface area (Å²) >= 11 is 0. The molecule has 0 aromatic heterocycles. The van der Waals surface area contributed by atoms with Gasteiger partial charge in [-0.25, -0.2) is 0 Å². The van der Waals surface area contributed by atoms with Crippen LogP contribution in [-0.4, -0.2) is 23.9 Å². The van der Waals surface area contributed by atoms with Gasteiger partial charge in [0.15, 0.2) is 0 Å². The number of carbonyl (C=O) groups is 1. The zero-order valence-electron chi connectivity index (χ0n) is 12.8. The number of hydrogen-bond acceptors (Lipinski definition) is 2. The van der Waals surface area contributed by atoms with E-state index in [4.69, 9.17) is 5.73 Å². The molecule has 1 aliphatic rings. The largest absolute Gasteiger partial charge is 0.366 e. The molecule has 0 bridgehead atoms. The van der Waals surface area contributed by atoms with Crippen molar-refractivity contribution < 1.29 is 4.79 Å². The minimum absolute atomic E-state index is 0.362. The Hall–Kier alpha value is -2.13. The van der Waals surface area contributed by atoms with E-state index in [2.05, 4.69) is 17.0 Å². The molecule has 1 saturated heterocycles. The number of piperidine rings is 1. The number of primary amides is 1. The van der Waals surface area contributed by atoms with Gasteiger partial charge in [0.25, 0.3) is 0 Å². The van der Waals surface area contributed by atoms with E-state index in [9.17, 15) is 4.79 Å². The molecule has 0 atom stereocenters. The van der Waals surface area contributed by atoms with E-state index in [1.807, 2.05) is 36.4 Å². The summed E-state index contributed by atoms with van der Waals surface area (Å²) in [6.07, 6.45) is 3.84. The predicted octanol–water partition coefficient (Wildman–Crippen LogP) is 3.44. The highest BCUT2D eigenvalue weighted by molar-refractivity contribution is 5.93. The first-order valence-corrected chi connectivity index (χ1v) is 7.94. The third-order valence-corrected chi connectivity index (χ3v) is 4.32. The third kappa shape index (κ3) is 3.37. The maximum Gasteiger partial charge on any atom is 0.248 e. The van der Waals surface area contributed by atoms with Crippen LogP contribution in [-0.2, 0) is 6.54 Å². The lowest BCUT2D eigenvalue weighted by Gasteiger charge is -2.27. The molecule has 1 heterocycles. The molecule has 0 saturated carbocycles. The lowest BCUT2D eigenvalue weighted by molar-refractivity contribution is 0.1000. The number of rotatable bonds is 4. The Labute approximate surface area is 131 Å². The molecule has 22 heavy (non-hydrogen) atoms. The van der Waals surface area contributed by atoms with Crippen molar-refractivity contribution in [1.29, 1.82) is 0 Å². The molecular weight excluding hydrogens is 272 g/mol. The van der Waals surface area contributed by atoms with Gasteiger partial charge in [0, 0.05) is 12.1 Å². The van der Waals surface area contributed by atoms with Crippen LogP contribution in [0.1, 0.15) is 35.2 Å². The smallest absolute Gasteiger partial charge is 0.248 e. The van der Waals surface area contributed by atoms with Crippen LogP contribution in [0.15, 0.2) is 48.5 Å². The summed E-state index contributed by atoms with van der Waals surface area (Å²) in [4.78, 5) is 14.0. The summed E-state index contributed by atoms with van der Waals surface area (Å²) in [5.41, 5.74) is 9.60. The summed E-state index contributed by atoms with van der Waals surface area (Å²) < 4.78 is 0. The van der Waals surface area contributed by atoms with Crippen molar-refractivity contribution in [2.24, 2.45) is 5.73 Å². The van der Waals surface area contributed by atoms with Gasteiger partial charge in [0.05, 0.1) is 0 Å². The van der Waals surface area contributed by atoms with Crippen molar-refractivity contribution in [1.82, 2.24) is 4.90 Å². The quantitative estimate of drug-likeness (QED) is 0.939. The summed E-state index contributed by atoms with van der Waals surface area (Å²) in [7, 11) is 0. The Bertz CT molecular complexity index is 646. The molecule has 1 amide bonds. The van der Waals surface area contributed by atoms with E-state index in [0.717, 1.165) is 19.6 Å². The molecule has 2 aromatic carbocycles. The maximum atomic E-state index is 11.5. The summed E-state index contributed by atoms with van der Waals surface area (Å²) in [5, 5.41) is 0. The molecule has 3 rings (SSSR count). The Kier molecular flexibility index (Phi) is 4.54. The SMILES string of the molecule is NC(=O)c1ccc(-c2ccccc2)c(CN2CCCCC2)c1. The number of carbonyl (C=O) groups excluding carboxylic acids is 1. The Balaban J connectivity index is 1.95. The number of likely N-dealkylation sites (tertiary alicyclic amines) is 1. The first kappa shape index (κ1) is 14.8. The summed E-state index contributed by atoms with van der Waals surface area (Å²) in [6, 6.07) is 16.1. The third-order valence-electron chi connectivity index (χ3n) is 4.32. The maximum absolute atomic E-state index is 11.5. The van der Waals surface area contributed by atoms with Crippen molar-refractivity contribution in [2.45, 2.75) is 25.8 Å². The first-order chi connectivity index (χ1) is 10.7. The van der Waals surface area contributed by atoms with E-state index in [-0.39, 0.29) is 5.91 Å². The number of amides is 1. The van der Waals surface area contributed by atoms with Crippen LogP contribution in [0.5, 0.6) is 0 Å². The molecular formula is C19H22N2O. The van der Waals surface area contributed by atoms with Crippen LogP contribution in [0.25, 0.3) is 11.1 Å². The second-order valence-corrected chi connectivity index (χ2v) is 5.94. The number of benzene rings is 2. The first-order valence-electron chi connectivity index (χ1n) is 7.94. The van der Waals surface area contributed by atoms with Crippen molar-refractivity contribution >= 4 is 5.91 Å². The fourth-order valence-electron chi connectivity index (χ4n) is 3.14. The molecule has 2 aromatic rings. The molecule has 1 fully saturated rings. The zero-order valence-corrected chi connectivity index (χ0v) is 12.8. The topological polar surface area (TPSA) is 46.3 Å². The highest BCUT2D eigenvalue weighted by Gasteiger charge is 2.15. The molecule has 0 unspecified atom stereocenters. The van der Waals surface area contributed by atoms with Gasteiger partial charge in [-0.1, -0.05) is 42.8 Å². The molecule has 0 aliphatic carbocycles. The number of hydrogen-bond donors (Lipinski definition) is 1. The normalized spacial score (nSPS) is 15.6. The van der Waals surface area contributed by atoms with Gasteiger partial charge >= 0.3 is 0 Å². The lowest BCUT2D eigenvalue weighted by atomic mass is 9.96. The molecule has 3 nitrogen and oxygen atoms in total. The Morgan fingerprint density at radius 3 is 2.41 bits per heavy atom. The van der Waals surface area contributed by atoms with Crippen LogP contribution >= 0.6 is 0 Å². The minimum atomic E-state index is -0.362. The predicted molar refractivity (Wildman–Crippen MR) is 89.5 cm³/mol. The summed E-state index contributed by atoms with van der Waals surface area (Å²) in [6.45, 7) is 3.15. The van der Waals surface area contributed by atoms with Crippen molar-refractivity contribution in [2.75, 3.05) is 13.1 Å². The van der Waals surface area contributed by atoms with Gasteiger partial charge in [-0.3, -0.25) is 9.69 Å². The lowest BCUT2D eigenvalue weighted by Crippen LogP contribution is -2.29. The standard InChI is InChI=1S/C19H22N2O/c20-19(22)16-9-10-18(15-7-3-1-4-8-15)17(13-16)14-21-11-5-2-6-12-21/h1,3-4,7-10,13H,2,5-6,11-12,14H2,(H2,20,22). The van der Waals surface area contributed by atoms with Gasteiger partial charge in [-0.05, 0) is 54.8 Å². The Morgan fingerprint density at radius 1 is 1.00 bits per heavy atom. The highest BCUT2D eigenvalue weighted by Crippen LogP contribution is 2.26. The van der Waals surface area contributed by atoms with Crippen LogP contribution < -0.4 is 5.73 Å². The molecule has 1 aliphatic heterocycles.